The van der Waals surface area contributed by atoms with Crippen molar-refractivity contribution in [2.24, 2.45) is 0 Å². The van der Waals surface area contributed by atoms with E-state index in [1.165, 1.54) is 0 Å². The molecule has 6 nitrogen and oxygen atoms in total. The third-order valence-corrected chi connectivity index (χ3v) is 4.37. The van der Waals surface area contributed by atoms with Crippen LogP contribution in [0, 0.1) is 13.8 Å². The minimum absolute atomic E-state index is 0.110. The van der Waals surface area contributed by atoms with E-state index in [1.54, 1.807) is 20.3 Å². The minimum Gasteiger partial charge on any atom is -0.493 e. The van der Waals surface area contributed by atoms with E-state index in [-0.39, 0.29) is 12.3 Å². The molecule has 0 saturated heterocycles. The smallest absolute Gasteiger partial charge is 0.228 e. The maximum Gasteiger partial charge on any atom is 0.228 e. The summed E-state index contributed by atoms with van der Waals surface area (Å²) in [6, 6.07) is 15.3. The Kier molecular flexibility index (Phi) is 5.45. The van der Waals surface area contributed by atoms with Gasteiger partial charge in [0.15, 0.2) is 11.5 Å². The molecule has 1 aromatic heterocycles. The summed E-state index contributed by atoms with van der Waals surface area (Å²) in [6.07, 6.45) is 0.232. The highest BCUT2D eigenvalue weighted by atomic mass is 16.5. The van der Waals surface area contributed by atoms with E-state index >= 15 is 0 Å². The van der Waals surface area contributed by atoms with Crippen molar-refractivity contribution < 1.29 is 14.3 Å². The molecule has 0 fully saturated rings. The minimum atomic E-state index is -0.110. The molecule has 6 heteroatoms. The van der Waals surface area contributed by atoms with Gasteiger partial charge in [0, 0.05) is 0 Å². The normalized spacial score (nSPS) is 10.5. The number of rotatable bonds is 6. The lowest BCUT2D eigenvalue weighted by atomic mass is 10.1. The first-order chi connectivity index (χ1) is 13.0. The van der Waals surface area contributed by atoms with E-state index < -0.39 is 0 Å². The number of methoxy groups -OCH3 is 2. The number of aryl methyl sites for hydroxylation is 1. The largest absolute Gasteiger partial charge is 0.493 e. The number of para-hydroxylation sites is 1. The van der Waals surface area contributed by atoms with Gasteiger partial charge in [-0.05, 0) is 43.7 Å². The van der Waals surface area contributed by atoms with Crippen LogP contribution >= 0.6 is 0 Å². The van der Waals surface area contributed by atoms with Crippen molar-refractivity contribution in [2.45, 2.75) is 20.3 Å². The predicted molar refractivity (Wildman–Crippen MR) is 105 cm³/mol. The molecule has 0 aliphatic rings. The van der Waals surface area contributed by atoms with Crippen LogP contribution in [0.3, 0.4) is 0 Å². The Bertz CT molecular complexity index is 949. The number of amides is 1. The predicted octanol–water partition coefficient (Wildman–Crippen LogP) is 3.69. The molecule has 3 rings (SSSR count). The topological polar surface area (TPSA) is 65.4 Å². The Morgan fingerprint density at radius 2 is 1.74 bits per heavy atom. The van der Waals surface area contributed by atoms with E-state index in [9.17, 15) is 4.79 Å². The number of aromatic nitrogens is 2. The number of anilines is 1. The van der Waals surface area contributed by atoms with Crippen molar-refractivity contribution in [1.29, 1.82) is 0 Å². The van der Waals surface area contributed by atoms with Gasteiger partial charge in [-0.1, -0.05) is 24.3 Å². The second-order valence-corrected chi connectivity index (χ2v) is 6.21. The van der Waals surface area contributed by atoms with Crippen LogP contribution in [0.2, 0.25) is 0 Å². The summed E-state index contributed by atoms with van der Waals surface area (Å²) in [4.78, 5) is 12.6. The van der Waals surface area contributed by atoms with Crippen LogP contribution in [0.4, 0.5) is 5.69 Å². The van der Waals surface area contributed by atoms with Crippen LogP contribution in [0.15, 0.2) is 48.5 Å². The average Bonchev–Trinajstić information content (AvgIpc) is 2.96. The number of hydrogen-bond acceptors (Lipinski definition) is 4. The number of carbonyl (C=O) groups is 1. The molecular formula is C21H23N3O3. The van der Waals surface area contributed by atoms with Crippen LogP contribution in [0.25, 0.3) is 5.69 Å². The maximum absolute atomic E-state index is 12.6. The molecule has 0 aliphatic heterocycles. The highest BCUT2D eigenvalue weighted by Crippen LogP contribution is 2.28. The summed E-state index contributed by atoms with van der Waals surface area (Å²) in [5.41, 5.74) is 4.20. The third kappa shape index (κ3) is 3.95. The zero-order valence-electron chi connectivity index (χ0n) is 15.9. The summed E-state index contributed by atoms with van der Waals surface area (Å²) >= 11 is 0. The summed E-state index contributed by atoms with van der Waals surface area (Å²) in [5, 5.41) is 7.54. The van der Waals surface area contributed by atoms with Gasteiger partial charge < -0.3 is 14.8 Å². The number of hydrogen-bond donors (Lipinski definition) is 1. The lowest BCUT2D eigenvalue weighted by Crippen LogP contribution is -2.15. The second kappa shape index (κ2) is 7.95. The zero-order valence-corrected chi connectivity index (χ0v) is 15.9. The van der Waals surface area contributed by atoms with E-state index in [0.717, 1.165) is 28.3 Å². The van der Waals surface area contributed by atoms with Gasteiger partial charge in [-0.3, -0.25) is 4.79 Å². The average molecular weight is 365 g/mol. The zero-order chi connectivity index (χ0) is 19.4. The van der Waals surface area contributed by atoms with Crippen LogP contribution in [0.5, 0.6) is 11.5 Å². The SMILES string of the molecule is COc1ccc(CC(=O)Nc2c(C)nn(-c3ccccc3)c2C)cc1OC. The molecule has 27 heavy (non-hydrogen) atoms. The molecule has 0 atom stereocenters. The Balaban J connectivity index is 1.78. The van der Waals surface area contributed by atoms with Crippen molar-refractivity contribution in [2.75, 3.05) is 19.5 Å². The molecule has 1 amide bonds. The van der Waals surface area contributed by atoms with Gasteiger partial charge in [-0.15, -0.1) is 0 Å². The Morgan fingerprint density at radius 3 is 2.41 bits per heavy atom. The van der Waals surface area contributed by atoms with Gasteiger partial charge in [0.1, 0.15) is 0 Å². The molecule has 0 bridgehead atoms. The first kappa shape index (κ1) is 18.5. The summed E-state index contributed by atoms with van der Waals surface area (Å²) < 4.78 is 12.4. The number of nitrogens with one attached hydrogen (secondary N) is 1. The van der Waals surface area contributed by atoms with Crippen molar-refractivity contribution in [3.63, 3.8) is 0 Å². The quantitative estimate of drug-likeness (QED) is 0.724. The lowest BCUT2D eigenvalue weighted by Gasteiger charge is -2.10. The molecule has 0 saturated carbocycles. The van der Waals surface area contributed by atoms with E-state index in [2.05, 4.69) is 10.4 Å². The Morgan fingerprint density at radius 1 is 1.04 bits per heavy atom. The van der Waals surface area contributed by atoms with Crippen molar-refractivity contribution >= 4 is 11.6 Å². The molecule has 0 unspecified atom stereocenters. The molecule has 140 valence electrons. The van der Waals surface area contributed by atoms with Crippen LogP contribution in [0.1, 0.15) is 17.0 Å². The molecule has 2 aromatic carbocycles. The van der Waals surface area contributed by atoms with Gasteiger partial charge in [-0.25, -0.2) is 4.68 Å². The maximum atomic E-state index is 12.6. The third-order valence-electron chi connectivity index (χ3n) is 4.37. The fraction of sp³-hybridized carbons (Fsp3) is 0.238. The van der Waals surface area contributed by atoms with Crippen LogP contribution in [-0.4, -0.2) is 29.9 Å². The standard InChI is InChI=1S/C21H23N3O3/c1-14-21(15(2)24(23-14)17-8-6-5-7-9-17)22-20(25)13-16-10-11-18(26-3)19(12-16)27-4/h5-12H,13H2,1-4H3,(H,22,25). The fourth-order valence-electron chi connectivity index (χ4n) is 3.00. The fourth-order valence-corrected chi connectivity index (χ4v) is 3.00. The summed E-state index contributed by atoms with van der Waals surface area (Å²) in [5.74, 6) is 1.13. The Hall–Kier alpha value is -3.28. The lowest BCUT2D eigenvalue weighted by molar-refractivity contribution is -0.115. The Labute approximate surface area is 158 Å². The van der Waals surface area contributed by atoms with E-state index in [4.69, 9.17) is 9.47 Å². The molecular weight excluding hydrogens is 342 g/mol. The molecule has 0 radical (unpaired) electrons. The van der Waals surface area contributed by atoms with Crippen molar-refractivity contribution in [3.05, 3.63) is 65.5 Å². The van der Waals surface area contributed by atoms with Gasteiger partial charge in [0.25, 0.3) is 0 Å². The van der Waals surface area contributed by atoms with E-state index in [0.29, 0.717) is 11.5 Å². The molecule has 1 N–H and O–H groups in total. The number of ether oxygens (including phenoxy) is 2. The molecule has 0 aliphatic carbocycles. The first-order valence-electron chi connectivity index (χ1n) is 8.66. The van der Waals surface area contributed by atoms with E-state index in [1.807, 2.05) is 61.0 Å². The van der Waals surface area contributed by atoms with Crippen molar-refractivity contribution in [3.8, 4) is 17.2 Å². The number of benzene rings is 2. The van der Waals surface area contributed by atoms with Gasteiger partial charge in [-0.2, -0.15) is 5.10 Å². The second-order valence-electron chi connectivity index (χ2n) is 6.21. The molecule has 1 heterocycles. The monoisotopic (exact) mass is 365 g/mol. The first-order valence-corrected chi connectivity index (χ1v) is 8.66. The van der Waals surface area contributed by atoms with Gasteiger partial charge in [0.05, 0.1) is 43.4 Å². The van der Waals surface area contributed by atoms with Crippen LogP contribution in [-0.2, 0) is 11.2 Å². The van der Waals surface area contributed by atoms with Gasteiger partial charge >= 0.3 is 0 Å². The summed E-state index contributed by atoms with van der Waals surface area (Å²) in [6.45, 7) is 3.83. The number of nitrogens with zero attached hydrogens (tertiary/aromatic N) is 2. The molecule has 3 aromatic rings. The van der Waals surface area contributed by atoms with Gasteiger partial charge in [0.2, 0.25) is 5.91 Å². The highest BCUT2D eigenvalue weighted by molar-refractivity contribution is 5.93. The molecule has 0 spiro atoms. The van der Waals surface area contributed by atoms with Crippen LogP contribution < -0.4 is 14.8 Å². The van der Waals surface area contributed by atoms with Crippen molar-refractivity contribution in [1.82, 2.24) is 9.78 Å². The highest BCUT2D eigenvalue weighted by Gasteiger charge is 2.16. The summed E-state index contributed by atoms with van der Waals surface area (Å²) in [7, 11) is 3.16. The number of carbonyl (C=O) groups excluding carboxylic acids is 1.